The standard InChI is InChI=1S/C17H27BrN2/c1-14-8-12-20(13-9-14)11-3-10-19-15(2)16-4-6-17(18)7-5-16/h4-7,14-15,19H,3,8-13H2,1-2H3. The van der Waals surface area contributed by atoms with E-state index in [9.17, 15) is 0 Å². The van der Waals surface area contributed by atoms with Crippen LogP contribution < -0.4 is 5.32 Å². The van der Waals surface area contributed by atoms with Gasteiger partial charge in [0.2, 0.25) is 0 Å². The van der Waals surface area contributed by atoms with Crippen molar-refractivity contribution in [2.24, 2.45) is 5.92 Å². The van der Waals surface area contributed by atoms with Gasteiger partial charge in [-0.25, -0.2) is 0 Å². The summed E-state index contributed by atoms with van der Waals surface area (Å²) in [5.74, 6) is 0.932. The Morgan fingerprint density at radius 1 is 1.25 bits per heavy atom. The summed E-state index contributed by atoms with van der Waals surface area (Å²) in [7, 11) is 0. The number of nitrogens with one attached hydrogen (secondary N) is 1. The molecule has 20 heavy (non-hydrogen) atoms. The summed E-state index contributed by atoms with van der Waals surface area (Å²) < 4.78 is 1.15. The number of nitrogens with zero attached hydrogens (tertiary/aromatic N) is 1. The first-order valence-corrected chi connectivity index (χ1v) is 8.65. The first-order chi connectivity index (χ1) is 9.65. The minimum Gasteiger partial charge on any atom is -0.310 e. The van der Waals surface area contributed by atoms with Crippen LogP contribution in [0.5, 0.6) is 0 Å². The van der Waals surface area contributed by atoms with Gasteiger partial charge in [0.1, 0.15) is 0 Å². The van der Waals surface area contributed by atoms with E-state index in [2.05, 4.69) is 64.3 Å². The van der Waals surface area contributed by atoms with Crippen LogP contribution in [0.15, 0.2) is 28.7 Å². The van der Waals surface area contributed by atoms with E-state index in [-0.39, 0.29) is 0 Å². The van der Waals surface area contributed by atoms with Crippen LogP contribution in [0, 0.1) is 5.92 Å². The number of likely N-dealkylation sites (tertiary alicyclic amines) is 1. The molecule has 2 nitrogen and oxygen atoms in total. The minimum absolute atomic E-state index is 0.435. The summed E-state index contributed by atoms with van der Waals surface area (Å²) in [4.78, 5) is 2.62. The lowest BCUT2D eigenvalue weighted by Gasteiger charge is -2.30. The lowest BCUT2D eigenvalue weighted by atomic mass is 9.99. The molecule has 1 fully saturated rings. The monoisotopic (exact) mass is 338 g/mol. The Hall–Kier alpha value is -0.380. The van der Waals surface area contributed by atoms with Crippen molar-refractivity contribution in [3.63, 3.8) is 0 Å². The molecule has 1 aromatic rings. The Morgan fingerprint density at radius 2 is 1.90 bits per heavy atom. The normalized spacial score (nSPS) is 19.1. The van der Waals surface area contributed by atoms with Crippen LogP contribution in [0.4, 0.5) is 0 Å². The summed E-state index contributed by atoms with van der Waals surface area (Å²) in [6.45, 7) is 9.55. The van der Waals surface area contributed by atoms with E-state index in [0.717, 1.165) is 16.9 Å². The van der Waals surface area contributed by atoms with Gasteiger partial charge in [-0.1, -0.05) is 35.0 Å². The molecule has 2 rings (SSSR count). The molecule has 112 valence electrons. The fourth-order valence-corrected chi connectivity index (χ4v) is 3.04. The third kappa shape index (κ3) is 5.19. The van der Waals surface area contributed by atoms with Crippen LogP contribution >= 0.6 is 15.9 Å². The number of rotatable bonds is 6. The van der Waals surface area contributed by atoms with Crippen molar-refractivity contribution in [2.45, 2.75) is 39.2 Å². The fraction of sp³-hybridized carbons (Fsp3) is 0.647. The number of hydrogen-bond donors (Lipinski definition) is 1. The van der Waals surface area contributed by atoms with E-state index < -0.39 is 0 Å². The van der Waals surface area contributed by atoms with Gasteiger partial charge in [-0.15, -0.1) is 0 Å². The quantitative estimate of drug-likeness (QED) is 0.781. The number of halogens is 1. The van der Waals surface area contributed by atoms with E-state index >= 15 is 0 Å². The molecule has 0 spiro atoms. The zero-order valence-electron chi connectivity index (χ0n) is 12.7. The second kappa shape index (κ2) is 8.16. The van der Waals surface area contributed by atoms with Gasteiger partial charge in [0.05, 0.1) is 0 Å². The SMILES string of the molecule is CC1CCN(CCCNC(C)c2ccc(Br)cc2)CC1. The van der Waals surface area contributed by atoms with E-state index in [4.69, 9.17) is 0 Å². The first kappa shape index (κ1) is 16.0. The summed E-state index contributed by atoms with van der Waals surface area (Å²) in [5.41, 5.74) is 1.36. The van der Waals surface area contributed by atoms with Crippen LogP contribution in [0.1, 0.15) is 44.7 Å². The minimum atomic E-state index is 0.435. The topological polar surface area (TPSA) is 15.3 Å². The van der Waals surface area contributed by atoms with E-state index in [1.54, 1.807) is 0 Å². The maximum Gasteiger partial charge on any atom is 0.0291 e. The third-order valence-corrected chi connectivity index (χ3v) is 4.88. The molecule has 3 heteroatoms. The average Bonchev–Trinajstić information content (AvgIpc) is 2.46. The molecule has 0 aromatic heterocycles. The molecule has 0 saturated carbocycles. The Bertz CT molecular complexity index is 382. The third-order valence-electron chi connectivity index (χ3n) is 4.35. The smallest absolute Gasteiger partial charge is 0.0291 e. The van der Waals surface area contributed by atoms with Crippen LogP contribution in [-0.4, -0.2) is 31.1 Å². The highest BCUT2D eigenvalue weighted by Crippen LogP contribution is 2.17. The zero-order chi connectivity index (χ0) is 14.4. The Kier molecular flexibility index (Phi) is 6.53. The number of benzene rings is 1. The second-order valence-electron chi connectivity index (χ2n) is 6.11. The number of hydrogen-bond acceptors (Lipinski definition) is 2. The van der Waals surface area contributed by atoms with E-state index in [1.807, 2.05) is 0 Å². The highest BCUT2D eigenvalue weighted by molar-refractivity contribution is 9.10. The van der Waals surface area contributed by atoms with Crippen LogP contribution in [0.25, 0.3) is 0 Å². The number of piperidine rings is 1. The summed E-state index contributed by atoms with van der Waals surface area (Å²) in [6.07, 6.45) is 4.00. The van der Waals surface area contributed by atoms with Crippen molar-refractivity contribution < 1.29 is 0 Å². The highest BCUT2D eigenvalue weighted by Gasteiger charge is 2.14. The molecule has 1 atom stereocenters. The molecule has 0 aliphatic carbocycles. The van der Waals surface area contributed by atoms with Crippen LogP contribution in [0.3, 0.4) is 0 Å². The molecular weight excluding hydrogens is 312 g/mol. The van der Waals surface area contributed by atoms with Gasteiger partial charge >= 0.3 is 0 Å². The molecule has 1 heterocycles. The van der Waals surface area contributed by atoms with Gasteiger partial charge in [-0.2, -0.15) is 0 Å². The summed E-state index contributed by atoms with van der Waals surface area (Å²) in [6, 6.07) is 9.04. The molecular formula is C17H27BrN2. The lowest BCUT2D eigenvalue weighted by molar-refractivity contribution is 0.190. The molecule has 1 aliphatic rings. The van der Waals surface area contributed by atoms with Crippen molar-refractivity contribution in [1.82, 2.24) is 10.2 Å². The van der Waals surface area contributed by atoms with Crippen molar-refractivity contribution in [1.29, 1.82) is 0 Å². The molecule has 1 N–H and O–H groups in total. The van der Waals surface area contributed by atoms with Gasteiger partial charge in [-0.05, 0) is 76.0 Å². The first-order valence-electron chi connectivity index (χ1n) is 7.86. The van der Waals surface area contributed by atoms with Crippen LogP contribution in [-0.2, 0) is 0 Å². The van der Waals surface area contributed by atoms with Gasteiger partial charge in [-0.3, -0.25) is 0 Å². The maximum atomic E-state index is 3.62. The van der Waals surface area contributed by atoms with Crippen molar-refractivity contribution in [3.05, 3.63) is 34.3 Å². The van der Waals surface area contributed by atoms with Gasteiger partial charge in [0.15, 0.2) is 0 Å². The second-order valence-corrected chi connectivity index (χ2v) is 7.02. The summed E-state index contributed by atoms with van der Waals surface area (Å²) >= 11 is 3.48. The largest absolute Gasteiger partial charge is 0.310 e. The Balaban J connectivity index is 1.62. The summed E-state index contributed by atoms with van der Waals surface area (Å²) in [5, 5.41) is 3.62. The highest BCUT2D eigenvalue weighted by atomic mass is 79.9. The molecule has 1 aromatic carbocycles. The Morgan fingerprint density at radius 3 is 2.55 bits per heavy atom. The zero-order valence-corrected chi connectivity index (χ0v) is 14.3. The predicted molar refractivity (Wildman–Crippen MR) is 90.0 cm³/mol. The van der Waals surface area contributed by atoms with Crippen LogP contribution in [0.2, 0.25) is 0 Å². The molecule has 0 amide bonds. The van der Waals surface area contributed by atoms with E-state index in [0.29, 0.717) is 6.04 Å². The van der Waals surface area contributed by atoms with Gasteiger partial charge in [0.25, 0.3) is 0 Å². The Labute approximate surface area is 132 Å². The van der Waals surface area contributed by atoms with Gasteiger partial charge in [0, 0.05) is 10.5 Å². The molecule has 1 unspecified atom stereocenters. The predicted octanol–water partition coefficient (Wildman–Crippen LogP) is 4.22. The average molecular weight is 339 g/mol. The molecule has 0 radical (unpaired) electrons. The van der Waals surface area contributed by atoms with Crippen molar-refractivity contribution >= 4 is 15.9 Å². The van der Waals surface area contributed by atoms with Gasteiger partial charge < -0.3 is 10.2 Å². The lowest BCUT2D eigenvalue weighted by Crippen LogP contribution is -2.35. The molecule has 0 bridgehead atoms. The van der Waals surface area contributed by atoms with Crippen molar-refractivity contribution in [2.75, 3.05) is 26.2 Å². The molecule has 1 aliphatic heterocycles. The van der Waals surface area contributed by atoms with E-state index in [1.165, 1.54) is 44.5 Å². The maximum absolute atomic E-state index is 3.62. The molecule has 1 saturated heterocycles. The fourth-order valence-electron chi connectivity index (χ4n) is 2.78. The van der Waals surface area contributed by atoms with Crippen molar-refractivity contribution in [3.8, 4) is 0 Å².